The van der Waals surface area contributed by atoms with E-state index in [1.54, 1.807) is 26.0 Å². The monoisotopic (exact) mass is 689 g/mol. The molecule has 2 aliphatic heterocycles. The normalized spacial score (nSPS) is 28.7. The van der Waals surface area contributed by atoms with Gasteiger partial charge in [-0.05, 0) is 63.2 Å². The second kappa shape index (κ2) is 14.6. The van der Waals surface area contributed by atoms with E-state index in [4.69, 9.17) is 46.9 Å². The van der Waals surface area contributed by atoms with Crippen LogP contribution in [0, 0.1) is 30.1 Å². The summed E-state index contributed by atoms with van der Waals surface area (Å²) in [6.07, 6.45) is -3.09. The van der Waals surface area contributed by atoms with Gasteiger partial charge in [-0.1, -0.05) is 43.1 Å². The van der Waals surface area contributed by atoms with E-state index in [1.165, 1.54) is 22.0 Å². The lowest BCUT2D eigenvalue weighted by atomic mass is 9.60. The van der Waals surface area contributed by atoms with Crippen LogP contribution in [0.1, 0.15) is 46.1 Å². The van der Waals surface area contributed by atoms with Crippen LogP contribution in [-0.2, 0) is 43.3 Å². The van der Waals surface area contributed by atoms with Gasteiger partial charge in [-0.15, -0.1) is 11.6 Å². The molecule has 3 aliphatic rings. The molecule has 0 bridgehead atoms. The number of sulfonamides is 1. The SMILES string of the molecule is CCOC(=O)C1(C(=O)OCC)C[C@H](Cl)C[C@@H]2[C@@H]3/C(=C/Cl)CN(S(=O)(=O)c4ccc(C)cc4)[C@@H]3[C@@H](COC(=O)OCC(C)C)O[C@@H]21. The molecule has 250 valence electrons. The number of carbonyl (C=O) groups excluding carboxylic acids is 3. The summed E-state index contributed by atoms with van der Waals surface area (Å²) in [5.74, 6) is -2.94. The van der Waals surface area contributed by atoms with E-state index in [0.717, 1.165) is 5.56 Å². The lowest BCUT2D eigenvalue weighted by Crippen LogP contribution is -2.66. The van der Waals surface area contributed by atoms with Gasteiger partial charge in [0.1, 0.15) is 12.7 Å². The summed E-state index contributed by atoms with van der Waals surface area (Å²) in [4.78, 5) is 40.1. The van der Waals surface area contributed by atoms with Crippen molar-refractivity contribution in [2.24, 2.45) is 23.2 Å². The highest BCUT2D eigenvalue weighted by molar-refractivity contribution is 7.89. The first kappa shape index (κ1) is 35.5. The van der Waals surface area contributed by atoms with Gasteiger partial charge in [0.2, 0.25) is 10.0 Å². The molecule has 0 amide bonds. The Balaban J connectivity index is 1.84. The summed E-state index contributed by atoms with van der Waals surface area (Å²) in [5, 5.41) is -0.678. The molecule has 45 heavy (non-hydrogen) atoms. The fourth-order valence-electron chi connectivity index (χ4n) is 6.65. The van der Waals surface area contributed by atoms with E-state index in [1.807, 2.05) is 20.8 Å². The molecule has 0 N–H and O–H groups in total. The Kier molecular flexibility index (Phi) is 11.5. The van der Waals surface area contributed by atoms with Gasteiger partial charge in [-0.25, -0.2) is 13.2 Å². The summed E-state index contributed by atoms with van der Waals surface area (Å²) in [5.41, 5.74) is 0.807. The fourth-order valence-corrected chi connectivity index (χ4v) is 8.97. The molecule has 1 saturated carbocycles. The minimum absolute atomic E-state index is 0.0139. The maximum atomic E-state index is 14.2. The van der Waals surface area contributed by atoms with Crippen LogP contribution in [0.25, 0.3) is 0 Å². The summed E-state index contributed by atoms with van der Waals surface area (Å²) in [7, 11) is -4.13. The number of ether oxygens (including phenoxy) is 5. The molecule has 0 aromatic heterocycles. The number of esters is 2. The lowest BCUT2D eigenvalue weighted by molar-refractivity contribution is -0.222. The Hall–Kier alpha value is -2.38. The molecule has 6 atom stereocenters. The molecule has 0 radical (unpaired) electrons. The first-order valence-corrected chi connectivity index (χ1v) is 17.4. The van der Waals surface area contributed by atoms with E-state index < -0.39 is 75.6 Å². The zero-order valence-corrected chi connectivity index (χ0v) is 28.4. The van der Waals surface area contributed by atoms with Crippen LogP contribution >= 0.6 is 23.2 Å². The third kappa shape index (κ3) is 7.00. The molecule has 2 saturated heterocycles. The average molecular weight is 691 g/mol. The molecular formula is C31H41Cl2NO10S. The quantitative estimate of drug-likeness (QED) is 0.146. The van der Waals surface area contributed by atoms with Gasteiger partial charge in [0.25, 0.3) is 0 Å². The summed E-state index contributed by atoms with van der Waals surface area (Å²) < 4.78 is 57.6. The fraction of sp³-hybridized carbons (Fsp3) is 0.645. The van der Waals surface area contributed by atoms with Crippen LogP contribution in [0.3, 0.4) is 0 Å². The minimum Gasteiger partial charge on any atom is -0.465 e. The average Bonchev–Trinajstić information content (AvgIpc) is 3.40. The van der Waals surface area contributed by atoms with E-state index in [-0.39, 0.29) is 50.0 Å². The topological polar surface area (TPSA) is 135 Å². The second-order valence-corrected chi connectivity index (χ2v) is 14.8. The van der Waals surface area contributed by atoms with Gasteiger partial charge in [-0.2, -0.15) is 4.31 Å². The molecule has 0 unspecified atom stereocenters. The largest absolute Gasteiger partial charge is 0.508 e. The summed E-state index contributed by atoms with van der Waals surface area (Å²) >= 11 is 13.2. The molecule has 11 nitrogen and oxygen atoms in total. The molecule has 4 rings (SSSR count). The van der Waals surface area contributed by atoms with Crippen molar-refractivity contribution < 1.29 is 46.5 Å². The first-order chi connectivity index (χ1) is 21.3. The van der Waals surface area contributed by atoms with E-state index in [0.29, 0.717) is 5.57 Å². The number of benzene rings is 1. The highest BCUT2D eigenvalue weighted by Crippen LogP contribution is 2.56. The maximum absolute atomic E-state index is 14.2. The van der Waals surface area contributed by atoms with Gasteiger partial charge >= 0.3 is 18.1 Å². The summed E-state index contributed by atoms with van der Waals surface area (Å²) in [6.45, 7) is 8.38. The number of rotatable bonds is 10. The Morgan fingerprint density at radius 3 is 2.24 bits per heavy atom. The van der Waals surface area contributed by atoms with Crippen LogP contribution in [0.15, 0.2) is 40.3 Å². The number of nitrogens with zero attached hydrogens (tertiary/aromatic N) is 1. The second-order valence-electron chi connectivity index (χ2n) is 12.0. The Morgan fingerprint density at radius 2 is 1.69 bits per heavy atom. The van der Waals surface area contributed by atoms with Crippen LogP contribution < -0.4 is 0 Å². The maximum Gasteiger partial charge on any atom is 0.508 e. The van der Waals surface area contributed by atoms with Crippen molar-refractivity contribution in [2.75, 3.05) is 33.0 Å². The van der Waals surface area contributed by atoms with Crippen molar-refractivity contribution >= 4 is 51.3 Å². The number of carbonyl (C=O) groups is 3. The molecule has 1 aliphatic carbocycles. The van der Waals surface area contributed by atoms with Crippen molar-refractivity contribution in [3.8, 4) is 0 Å². The molecule has 3 fully saturated rings. The Bertz CT molecular complexity index is 1360. The minimum atomic E-state index is -4.13. The zero-order valence-electron chi connectivity index (χ0n) is 26.1. The molecule has 1 aromatic carbocycles. The number of hydrogen-bond acceptors (Lipinski definition) is 10. The van der Waals surface area contributed by atoms with Gasteiger partial charge in [0.15, 0.2) is 5.41 Å². The van der Waals surface area contributed by atoms with Crippen molar-refractivity contribution in [1.29, 1.82) is 0 Å². The predicted molar refractivity (Wildman–Crippen MR) is 165 cm³/mol. The van der Waals surface area contributed by atoms with Gasteiger partial charge in [-0.3, -0.25) is 9.59 Å². The van der Waals surface area contributed by atoms with E-state index in [2.05, 4.69) is 0 Å². The molecule has 0 spiro atoms. The number of hydrogen-bond donors (Lipinski definition) is 0. The van der Waals surface area contributed by atoms with Crippen LogP contribution in [-0.4, -0.2) is 87.4 Å². The third-order valence-corrected chi connectivity index (χ3v) is 11.0. The van der Waals surface area contributed by atoms with Crippen LogP contribution in [0.2, 0.25) is 0 Å². The van der Waals surface area contributed by atoms with Crippen LogP contribution in [0.5, 0.6) is 0 Å². The number of halogens is 2. The highest BCUT2D eigenvalue weighted by Gasteiger charge is 2.68. The van der Waals surface area contributed by atoms with E-state index in [9.17, 15) is 22.8 Å². The highest BCUT2D eigenvalue weighted by atomic mass is 35.5. The van der Waals surface area contributed by atoms with Crippen LogP contribution in [0.4, 0.5) is 4.79 Å². The van der Waals surface area contributed by atoms with Crippen molar-refractivity contribution in [2.45, 2.75) is 76.0 Å². The Labute approximate surface area is 274 Å². The zero-order chi connectivity index (χ0) is 33.1. The first-order valence-electron chi connectivity index (χ1n) is 15.1. The van der Waals surface area contributed by atoms with E-state index >= 15 is 0 Å². The number of aryl methyl sites for hydroxylation is 1. The molecular weight excluding hydrogens is 649 g/mol. The molecule has 1 aromatic rings. The van der Waals surface area contributed by atoms with Crippen molar-refractivity contribution in [1.82, 2.24) is 4.31 Å². The van der Waals surface area contributed by atoms with Crippen molar-refractivity contribution in [3.05, 3.63) is 40.9 Å². The molecule has 2 heterocycles. The summed E-state index contributed by atoms with van der Waals surface area (Å²) in [6, 6.07) is 5.51. The van der Waals surface area contributed by atoms with Gasteiger partial charge in [0.05, 0.1) is 36.9 Å². The third-order valence-electron chi connectivity index (χ3n) is 8.52. The number of alkyl halides is 1. The molecule has 14 heteroatoms. The Morgan fingerprint density at radius 1 is 1.07 bits per heavy atom. The lowest BCUT2D eigenvalue weighted by Gasteiger charge is -2.54. The predicted octanol–water partition coefficient (Wildman–Crippen LogP) is 4.81. The smallest absolute Gasteiger partial charge is 0.465 e. The van der Waals surface area contributed by atoms with Gasteiger partial charge < -0.3 is 23.7 Å². The van der Waals surface area contributed by atoms with Gasteiger partial charge in [0, 0.05) is 23.4 Å². The standard InChI is InChI=1S/C31H41Cl2NO10S/c1-6-40-28(35)31(29(36)41-7-2)13-21(33)12-23-25-20(14-32)15-34(45(38,39)22-10-8-19(5)9-11-22)26(25)24(44-27(23)31)17-43-30(37)42-16-18(3)4/h8-11,14,18,21,23-27H,6-7,12-13,15-17H2,1-5H3/b20-14+/t21-,23-,24-,25+,26-,27+/m1/s1. The van der Waals surface area contributed by atoms with Crippen molar-refractivity contribution in [3.63, 3.8) is 0 Å². The number of fused-ring (bicyclic) bond motifs is 3.